The van der Waals surface area contributed by atoms with E-state index >= 15 is 0 Å². The third kappa shape index (κ3) is 4.65. The van der Waals surface area contributed by atoms with Crippen LogP contribution >= 0.6 is 11.8 Å². The van der Waals surface area contributed by atoms with Gasteiger partial charge in [0.15, 0.2) is 5.17 Å². The lowest BCUT2D eigenvalue weighted by Gasteiger charge is -2.37. The summed E-state index contributed by atoms with van der Waals surface area (Å²) in [4.78, 5) is 9.51. The molecule has 4 nitrogen and oxygen atoms in total. The second kappa shape index (κ2) is 6.95. The van der Waals surface area contributed by atoms with Gasteiger partial charge in [-0.05, 0) is 26.4 Å². The molecule has 110 valence electrons. The van der Waals surface area contributed by atoms with E-state index in [1.54, 1.807) is 0 Å². The Kier molecular flexibility index (Phi) is 5.54. The molecule has 0 bridgehead atoms. The van der Waals surface area contributed by atoms with Crippen LogP contribution in [0.2, 0.25) is 0 Å². The Hall–Kier alpha value is -0.260. The molecule has 19 heavy (non-hydrogen) atoms. The molecule has 2 unspecified atom stereocenters. The molecule has 0 spiro atoms. The first kappa shape index (κ1) is 15.1. The van der Waals surface area contributed by atoms with Crippen molar-refractivity contribution in [3.8, 4) is 0 Å². The molecule has 1 fully saturated rings. The molecule has 0 radical (unpaired) electrons. The minimum Gasteiger partial charge on any atom is -0.363 e. The fourth-order valence-corrected chi connectivity index (χ4v) is 3.95. The summed E-state index contributed by atoms with van der Waals surface area (Å²) in [6.45, 7) is 10.1. The van der Waals surface area contributed by atoms with Gasteiger partial charge in [-0.2, -0.15) is 0 Å². The van der Waals surface area contributed by atoms with Crippen LogP contribution in [0.25, 0.3) is 0 Å². The third-order valence-corrected chi connectivity index (χ3v) is 5.09. The third-order valence-electron chi connectivity index (χ3n) is 3.92. The van der Waals surface area contributed by atoms with E-state index in [9.17, 15) is 0 Å². The van der Waals surface area contributed by atoms with Crippen LogP contribution < -0.4 is 5.32 Å². The number of rotatable bonds is 4. The zero-order valence-corrected chi connectivity index (χ0v) is 13.5. The van der Waals surface area contributed by atoms with Crippen LogP contribution in [0.3, 0.4) is 0 Å². The molecule has 1 saturated heterocycles. The van der Waals surface area contributed by atoms with Gasteiger partial charge in [0.05, 0.1) is 6.54 Å². The number of likely N-dealkylation sites (N-methyl/N-ethyl adjacent to an activating group) is 2. The summed E-state index contributed by atoms with van der Waals surface area (Å²) in [5, 5.41) is 5.40. The number of nitrogens with one attached hydrogen (secondary N) is 1. The first-order valence-corrected chi connectivity index (χ1v) is 8.26. The van der Waals surface area contributed by atoms with Crippen molar-refractivity contribution in [3.63, 3.8) is 0 Å². The van der Waals surface area contributed by atoms with Crippen LogP contribution in [-0.2, 0) is 0 Å². The lowest BCUT2D eigenvalue weighted by Crippen LogP contribution is -2.54. The molecule has 0 aromatic heterocycles. The minimum atomic E-state index is 0.603. The summed E-state index contributed by atoms with van der Waals surface area (Å²) in [7, 11) is 4.44. The van der Waals surface area contributed by atoms with Gasteiger partial charge in [-0.3, -0.25) is 9.89 Å². The molecular weight excluding hydrogens is 256 g/mol. The minimum absolute atomic E-state index is 0.603. The van der Waals surface area contributed by atoms with Gasteiger partial charge in [0.2, 0.25) is 0 Å². The molecule has 2 atom stereocenters. The zero-order chi connectivity index (χ0) is 13.8. The number of hydrogen-bond acceptors (Lipinski definition) is 5. The van der Waals surface area contributed by atoms with Crippen LogP contribution in [0.1, 0.15) is 20.3 Å². The zero-order valence-electron chi connectivity index (χ0n) is 12.7. The summed E-state index contributed by atoms with van der Waals surface area (Å²) >= 11 is 1.94. The Morgan fingerprint density at radius 3 is 2.89 bits per heavy atom. The number of amidine groups is 1. The van der Waals surface area contributed by atoms with E-state index < -0.39 is 0 Å². The summed E-state index contributed by atoms with van der Waals surface area (Å²) in [5.74, 6) is 0.769. The largest absolute Gasteiger partial charge is 0.363 e. The maximum Gasteiger partial charge on any atom is 0.156 e. The normalized spacial score (nSPS) is 29.8. The highest BCUT2D eigenvalue weighted by molar-refractivity contribution is 8.14. The van der Waals surface area contributed by atoms with Gasteiger partial charge in [0.25, 0.3) is 0 Å². The van der Waals surface area contributed by atoms with E-state index in [-0.39, 0.29) is 0 Å². The van der Waals surface area contributed by atoms with Crippen molar-refractivity contribution < 1.29 is 0 Å². The molecule has 1 N–H and O–H groups in total. The van der Waals surface area contributed by atoms with Crippen LogP contribution in [0, 0.1) is 5.92 Å². The van der Waals surface area contributed by atoms with E-state index in [2.05, 4.69) is 48.1 Å². The first-order chi connectivity index (χ1) is 9.04. The molecule has 2 aliphatic heterocycles. The maximum atomic E-state index is 4.64. The van der Waals surface area contributed by atoms with E-state index in [1.807, 2.05) is 11.8 Å². The molecule has 2 aliphatic rings. The molecule has 0 aromatic carbocycles. The van der Waals surface area contributed by atoms with Crippen molar-refractivity contribution in [2.24, 2.45) is 10.9 Å². The smallest absolute Gasteiger partial charge is 0.156 e. The summed E-state index contributed by atoms with van der Waals surface area (Å²) < 4.78 is 0. The van der Waals surface area contributed by atoms with Gasteiger partial charge in [-0.1, -0.05) is 25.6 Å². The first-order valence-electron chi connectivity index (χ1n) is 7.38. The lowest BCUT2D eigenvalue weighted by atomic mass is 10.1. The Balaban J connectivity index is 1.71. The van der Waals surface area contributed by atoms with Crippen LogP contribution in [0.5, 0.6) is 0 Å². The molecule has 2 rings (SSSR count). The molecule has 0 amide bonds. The fourth-order valence-electron chi connectivity index (χ4n) is 2.69. The Morgan fingerprint density at radius 1 is 1.37 bits per heavy atom. The van der Waals surface area contributed by atoms with Crippen molar-refractivity contribution in [2.75, 3.05) is 46.8 Å². The van der Waals surface area contributed by atoms with E-state index in [4.69, 9.17) is 0 Å². The predicted molar refractivity (Wildman–Crippen MR) is 85.1 cm³/mol. The highest BCUT2D eigenvalue weighted by atomic mass is 32.2. The Bertz CT molecular complexity index is 319. The molecule has 2 heterocycles. The standard InChI is InChI=1S/C14H28N4S/c1-11(2)7-13-9-16-14(19-13)15-8-12-10-17(3)5-6-18(12)4/h11-13H,5-10H2,1-4H3,(H,15,16). The van der Waals surface area contributed by atoms with Crippen LogP contribution in [-0.4, -0.2) is 73.1 Å². The second-order valence-corrected chi connectivity index (χ2v) is 7.58. The number of nitrogens with zero attached hydrogens (tertiary/aromatic N) is 3. The van der Waals surface area contributed by atoms with Crippen molar-refractivity contribution in [2.45, 2.75) is 31.6 Å². The number of hydrogen-bond donors (Lipinski definition) is 1. The average Bonchev–Trinajstić information content (AvgIpc) is 2.77. The van der Waals surface area contributed by atoms with Gasteiger partial charge < -0.3 is 10.2 Å². The number of piperazine rings is 1. The quantitative estimate of drug-likeness (QED) is 0.844. The van der Waals surface area contributed by atoms with E-state index in [0.717, 1.165) is 30.7 Å². The SMILES string of the molecule is CC(C)CC1CN=C(NCC2CN(C)CCN2C)S1. The topological polar surface area (TPSA) is 30.9 Å². The molecule has 0 aromatic rings. The molecule has 0 saturated carbocycles. The van der Waals surface area contributed by atoms with Gasteiger partial charge in [-0.25, -0.2) is 0 Å². The number of aliphatic imine (C=N–C) groups is 1. The Morgan fingerprint density at radius 2 is 2.16 bits per heavy atom. The number of thioether (sulfide) groups is 1. The highest BCUT2D eigenvalue weighted by Crippen LogP contribution is 2.25. The highest BCUT2D eigenvalue weighted by Gasteiger charge is 2.24. The van der Waals surface area contributed by atoms with E-state index in [1.165, 1.54) is 19.5 Å². The Labute approximate surface area is 122 Å². The summed E-state index contributed by atoms with van der Waals surface area (Å²) in [6.07, 6.45) is 1.27. The van der Waals surface area contributed by atoms with Gasteiger partial charge in [0, 0.05) is 37.5 Å². The molecule has 5 heteroatoms. The van der Waals surface area contributed by atoms with Gasteiger partial charge >= 0.3 is 0 Å². The maximum absolute atomic E-state index is 4.64. The van der Waals surface area contributed by atoms with Crippen molar-refractivity contribution in [1.82, 2.24) is 15.1 Å². The second-order valence-electron chi connectivity index (χ2n) is 6.29. The van der Waals surface area contributed by atoms with Gasteiger partial charge in [-0.15, -0.1) is 0 Å². The van der Waals surface area contributed by atoms with E-state index in [0.29, 0.717) is 11.3 Å². The van der Waals surface area contributed by atoms with Crippen LogP contribution in [0.4, 0.5) is 0 Å². The average molecular weight is 284 g/mol. The van der Waals surface area contributed by atoms with Gasteiger partial charge in [0.1, 0.15) is 0 Å². The lowest BCUT2D eigenvalue weighted by molar-refractivity contribution is 0.116. The summed E-state index contributed by atoms with van der Waals surface area (Å²) in [6, 6.07) is 0.603. The molecule has 0 aliphatic carbocycles. The van der Waals surface area contributed by atoms with Crippen molar-refractivity contribution >= 4 is 16.9 Å². The van der Waals surface area contributed by atoms with Crippen LogP contribution in [0.15, 0.2) is 4.99 Å². The summed E-state index contributed by atoms with van der Waals surface area (Å²) in [5.41, 5.74) is 0. The predicted octanol–water partition coefficient (Wildman–Crippen LogP) is 1.34. The molecular formula is C14H28N4S. The fraction of sp³-hybridized carbons (Fsp3) is 0.929. The van der Waals surface area contributed by atoms with Crippen molar-refractivity contribution in [1.29, 1.82) is 0 Å². The van der Waals surface area contributed by atoms with Crippen molar-refractivity contribution in [3.05, 3.63) is 0 Å². The monoisotopic (exact) mass is 284 g/mol.